The minimum Gasteiger partial charge on any atom is -0.493 e. The molecule has 1 unspecified atom stereocenters. The lowest BCUT2D eigenvalue weighted by molar-refractivity contribution is -0.120. The molecular weight excluding hydrogens is 306 g/mol. The van der Waals surface area contributed by atoms with E-state index in [2.05, 4.69) is 0 Å². The van der Waals surface area contributed by atoms with Gasteiger partial charge in [-0.2, -0.15) is 0 Å². The summed E-state index contributed by atoms with van der Waals surface area (Å²) in [6.07, 6.45) is -0.00397. The topological polar surface area (TPSA) is 59.0 Å². The number of rotatable bonds is 4. The monoisotopic (exact) mass is 327 g/mol. The predicted molar refractivity (Wildman–Crippen MR) is 91.6 cm³/mol. The van der Waals surface area contributed by atoms with Gasteiger partial charge in [-0.1, -0.05) is 30.3 Å². The predicted octanol–water partition coefficient (Wildman–Crippen LogP) is 2.85. The van der Waals surface area contributed by atoms with E-state index in [1.807, 2.05) is 37.3 Å². The van der Waals surface area contributed by atoms with Crippen LogP contribution >= 0.6 is 0 Å². The van der Waals surface area contributed by atoms with E-state index < -0.39 is 6.10 Å². The Hall–Kier alpha value is -2.53. The highest BCUT2D eigenvalue weighted by Gasteiger charge is 2.29. The fourth-order valence-electron chi connectivity index (χ4n) is 3.04. The Morgan fingerprint density at radius 3 is 2.71 bits per heavy atom. The first kappa shape index (κ1) is 16.3. The van der Waals surface area contributed by atoms with Crippen molar-refractivity contribution in [1.29, 1.82) is 0 Å². The molecule has 0 bridgehead atoms. The van der Waals surface area contributed by atoms with Crippen molar-refractivity contribution in [2.75, 3.05) is 25.2 Å². The number of nitrogens with zero attached hydrogens (tertiary/aromatic N) is 1. The van der Waals surface area contributed by atoms with Gasteiger partial charge in [-0.05, 0) is 31.0 Å². The maximum Gasteiger partial charge on any atom is 0.264 e. The minimum absolute atomic E-state index is 0.0791. The molecule has 0 aromatic heterocycles. The Morgan fingerprint density at radius 1 is 1.21 bits per heavy atom. The summed E-state index contributed by atoms with van der Waals surface area (Å²) >= 11 is 0. The van der Waals surface area contributed by atoms with Gasteiger partial charge in [-0.3, -0.25) is 4.79 Å². The first-order valence-corrected chi connectivity index (χ1v) is 7.95. The summed E-state index contributed by atoms with van der Waals surface area (Å²) < 4.78 is 10.9. The van der Waals surface area contributed by atoms with Crippen LogP contribution in [0, 0.1) is 6.92 Å². The number of methoxy groups -OCH3 is 1. The maximum absolute atomic E-state index is 12.7. The second-order valence-corrected chi connectivity index (χ2v) is 5.80. The van der Waals surface area contributed by atoms with Crippen LogP contribution in [0.25, 0.3) is 0 Å². The van der Waals surface area contributed by atoms with Crippen molar-refractivity contribution in [2.45, 2.75) is 19.4 Å². The normalized spacial score (nSPS) is 16.5. The lowest BCUT2D eigenvalue weighted by atomic mass is 9.96. The van der Waals surface area contributed by atoms with Crippen LogP contribution in [0.3, 0.4) is 0 Å². The zero-order chi connectivity index (χ0) is 17.1. The summed E-state index contributed by atoms with van der Waals surface area (Å²) in [4.78, 5) is 14.4. The third kappa shape index (κ3) is 3.08. The number of benzene rings is 2. The van der Waals surface area contributed by atoms with Crippen molar-refractivity contribution in [3.63, 3.8) is 0 Å². The van der Waals surface area contributed by atoms with Crippen molar-refractivity contribution >= 4 is 11.6 Å². The fourth-order valence-corrected chi connectivity index (χ4v) is 3.04. The van der Waals surface area contributed by atoms with Crippen LogP contribution in [-0.4, -0.2) is 31.3 Å². The summed E-state index contributed by atoms with van der Waals surface area (Å²) in [6, 6.07) is 12.9. The molecule has 1 atom stereocenters. The van der Waals surface area contributed by atoms with Gasteiger partial charge in [-0.15, -0.1) is 0 Å². The molecule has 2 aromatic carbocycles. The summed E-state index contributed by atoms with van der Waals surface area (Å²) in [5.74, 6) is 0.995. The molecule has 3 rings (SSSR count). The number of anilines is 1. The molecule has 1 amide bonds. The Bertz CT molecular complexity index is 744. The van der Waals surface area contributed by atoms with Gasteiger partial charge in [0.2, 0.25) is 0 Å². The molecule has 0 saturated carbocycles. The smallest absolute Gasteiger partial charge is 0.264 e. The number of aliphatic hydroxyl groups excluding tert-OH is 1. The van der Waals surface area contributed by atoms with Gasteiger partial charge in [0.1, 0.15) is 0 Å². The van der Waals surface area contributed by atoms with Crippen LogP contribution < -0.4 is 14.4 Å². The molecule has 5 nitrogen and oxygen atoms in total. The molecule has 24 heavy (non-hydrogen) atoms. The van der Waals surface area contributed by atoms with Crippen molar-refractivity contribution in [3.8, 4) is 11.5 Å². The van der Waals surface area contributed by atoms with Crippen molar-refractivity contribution in [1.82, 2.24) is 0 Å². The average molecular weight is 327 g/mol. The molecule has 0 radical (unpaired) electrons. The van der Waals surface area contributed by atoms with E-state index in [9.17, 15) is 9.90 Å². The van der Waals surface area contributed by atoms with E-state index in [4.69, 9.17) is 9.47 Å². The number of fused-ring (bicyclic) bond motifs is 1. The molecule has 0 aliphatic carbocycles. The van der Waals surface area contributed by atoms with Crippen molar-refractivity contribution < 1.29 is 19.4 Å². The van der Waals surface area contributed by atoms with Crippen LogP contribution in [0.1, 0.15) is 23.7 Å². The third-order valence-corrected chi connectivity index (χ3v) is 4.25. The van der Waals surface area contributed by atoms with Crippen molar-refractivity contribution in [3.05, 3.63) is 53.6 Å². The first-order valence-electron chi connectivity index (χ1n) is 7.95. The standard InChI is InChI=1S/C19H21NO4/c1-13-6-5-7-14-15(21)10-11-20(19(13)14)18(22)12-24-17-9-4-3-8-16(17)23-2/h3-9,15,21H,10-12H2,1-2H3. The fraction of sp³-hybridized carbons (Fsp3) is 0.316. The molecule has 0 fully saturated rings. The molecule has 1 N–H and O–H groups in total. The van der Waals surface area contributed by atoms with Gasteiger partial charge in [-0.25, -0.2) is 0 Å². The van der Waals surface area contributed by atoms with Crippen LogP contribution in [0.2, 0.25) is 0 Å². The third-order valence-electron chi connectivity index (χ3n) is 4.25. The summed E-state index contributed by atoms with van der Waals surface area (Å²) in [6.45, 7) is 2.34. The van der Waals surface area contributed by atoms with Crippen molar-refractivity contribution in [2.24, 2.45) is 0 Å². The Labute approximate surface area is 141 Å². The number of ether oxygens (including phenoxy) is 2. The number of hydrogen-bond acceptors (Lipinski definition) is 4. The number of amides is 1. The zero-order valence-electron chi connectivity index (χ0n) is 13.9. The van der Waals surface area contributed by atoms with E-state index in [0.717, 1.165) is 16.8 Å². The van der Waals surface area contributed by atoms with Gasteiger partial charge in [0.25, 0.3) is 5.91 Å². The number of hydrogen-bond donors (Lipinski definition) is 1. The van der Waals surface area contributed by atoms with E-state index in [1.165, 1.54) is 0 Å². The second kappa shape index (κ2) is 6.93. The number of aliphatic hydroxyl groups is 1. The molecule has 1 aliphatic heterocycles. The SMILES string of the molecule is COc1ccccc1OCC(=O)N1CCC(O)c2cccc(C)c21. The molecular formula is C19H21NO4. The minimum atomic E-state index is -0.529. The van der Waals surface area contributed by atoms with E-state index in [0.29, 0.717) is 24.5 Å². The lowest BCUT2D eigenvalue weighted by Gasteiger charge is -2.33. The quantitative estimate of drug-likeness (QED) is 0.938. The highest BCUT2D eigenvalue weighted by molar-refractivity contribution is 5.96. The van der Waals surface area contributed by atoms with Gasteiger partial charge in [0, 0.05) is 12.1 Å². The largest absolute Gasteiger partial charge is 0.493 e. The van der Waals surface area contributed by atoms with E-state index in [-0.39, 0.29) is 12.5 Å². The van der Waals surface area contributed by atoms with Gasteiger partial charge in [0.15, 0.2) is 18.1 Å². The van der Waals surface area contributed by atoms with Crippen LogP contribution in [0.15, 0.2) is 42.5 Å². The maximum atomic E-state index is 12.7. The molecule has 0 spiro atoms. The van der Waals surface area contributed by atoms with Gasteiger partial charge < -0.3 is 19.5 Å². The number of aryl methyl sites for hydroxylation is 1. The van der Waals surface area contributed by atoms with Crippen LogP contribution in [0.5, 0.6) is 11.5 Å². The summed E-state index contributed by atoms with van der Waals surface area (Å²) in [5, 5.41) is 10.2. The Balaban J connectivity index is 1.78. The highest BCUT2D eigenvalue weighted by Crippen LogP contribution is 2.36. The molecule has 5 heteroatoms. The second-order valence-electron chi connectivity index (χ2n) is 5.80. The summed E-state index contributed by atoms with van der Waals surface area (Å²) in [5.41, 5.74) is 2.56. The van der Waals surface area contributed by atoms with E-state index in [1.54, 1.807) is 24.1 Å². The first-order chi connectivity index (χ1) is 11.6. The number of carbonyl (C=O) groups is 1. The van der Waals surface area contributed by atoms with E-state index >= 15 is 0 Å². The van der Waals surface area contributed by atoms with Crippen LogP contribution in [-0.2, 0) is 4.79 Å². The van der Waals surface area contributed by atoms with Gasteiger partial charge in [0.05, 0.1) is 18.9 Å². The lowest BCUT2D eigenvalue weighted by Crippen LogP contribution is -2.40. The Morgan fingerprint density at radius 2 is 1.96 bits per heavy atom. The molecule has 2 aromatic rings. The molecule has 126 valence electrons. The molecule has 1 aliphatic rings. The summed E-state index contributed by atoms with van der Waals surface area (Å²) in [7, 11) is 1.57. The van der Waals surface area contributed by atoms with Gasteiger partial charge >= 0.3 is 0 Å². The Kier molecular flexibility index (Phi) is 4.71. The highest BCUT2D eigenvalue weighted by atomic mass is 16.5. The zero-order valence-corrected chi connectivity index (χ0v) is 13.9. The number of para-hydroxylation sites is 3. The number of carbonyl (C=O) groups excluding carboxylic acids is 1. The average Bonchev–Trinajstić information content (AvgIpc) is 2.61. The molecule has 0 saturated heterocycles. The molecule has 1 heterocycles. The van der Waals surface area contributed by atoms with Crippen LogP contribution in [0.4, 0.5) is 5.69 Å².